The van der Waals surface area contributed by atoms with Gasteiger partial charge in [0.2, 0.25) is 0 Å². The Balaban J connectivity index is 1.83. The minimum absolute atomic E-state index is 0.000629. The lowest BCUT2D eigenvalue weighted by molar-refractivity contribution is -0.384. The van der Waals surface area contributed by atoms with Crippen molar-refractivity contribution in [2.45, 2.75) is 0 Å². The fourth-order valence-corrected chi connectivity index (χ4v) is 2.64. The third kappa shape index (κ3) is 4.51. The first-order chi connectivity index (χ1) is 11.0. The maximum atomic E-state index is 11.9. The maximum absolute atomic E-state index is 11.9. The highest BCUT2D eigenvalue weighted by atomic mass is 35.5. The van der Waals surface area contributed by atoms with Gasteiger partial charge < -0.3 is 10.6 Å². The molecule has 9 heteroatoms. The van der Waals surface area contributed by atoms with Crippen molar-refractivity contribution in [1.29, 1.82) is 0 Å². The Labute approximate surface area is 140 Å². The van der Waals surface area contributed by atoms with Crippen molar-refractivity contribution >= 4 is 40.4 Å². The van der Waals surface area contributed by atoms with Crippen LogP contribution in [0.3, 0.4) is 0 Å². The van der Waals surface area contributed by atoms with E-state index in [1.807, 2.05) is 0 Å². The van der Waals surface area contributed by atoms with E-state index in [-0.39, 0.29) is 35.3 Å². The summed E-state index contributed by atoms with van der Waals surface area (Å²) in [5.41, 5.74) is -0.0448. The van der Waals surface area contributed by atoms with Gasteiger partial charge in [0.1, 0.15) is 0 Å². The number of nitrogens with zero attached hydrogens (tertiary/aromatic N) is 1. The smallest absolute Gasteiger partial charge is 0.270 e. The van der Waals surface area contributed by atoms with Crippen molar-refractivity contribution in [3.8, 4) is 0 Å². The van der Waals surface area contributed by atoms with Gasteiger partial charge >= 0.3 is 0 Å². The molecule has 0 aliphatic carbocycles. The molecule has 0 saturated heterocycles. The molecule has 0 atom stereocenters. The molecule has 0 aliphatic heterocycles. The molecule has 0 bridgehead atoms. The van der Waals surface area contributed by atoms with Crippen LogP contribution in [0.25, 0.3) is 0 Å². The number of amides is 2. The zero-order valence-corrected chi connectivity index (χ0v) is 13.3. The van der Waals surface area contributed by atoms with E-state index in [4.69, 9.17) is 11.6 Å². The van der Waals surface area contributed by atoms with Crippen LogP contribution >= 0.6 is 22.9 Å². The molecule has 120 valence electrons. The normalized spacial score (nSPS) is 10.1. The molecule has 7 nitrogen and oxygen atoms in total. The Kier molecular flexibility index (Phi) is 5.67. The summed E-state index contributed by atoms with van der Waals surface area (Å²) in [7, 11) is 0. The second kappa shape index (κ2) is 7.70. The molecule has 1 aromatic carbocycles. The second-order valence-electron chi connectivity index (χ2n) is 4.41. The van der Waals surface area contributed by atoms with Gasteiger partial charge in [-0.1, -0.05) is 17.7 Å². The number of nitro benzene ring substituents is 1. The molecule has 0 fully saturated rings. The Bertz CT molecular complexity index is 734. The third-order valence-corrected chi connectivity index (χ3v) is 4.03. The third-order valence-electron chi connectivity index (χ3n) is 2.85. The predicted octanol–water partition coefficient (Wildman–Crippen LogP) is 2.47. The first-order valence-electron chi connectivity index (χ1n) is 6.53. The topological polar surface area (TPSA) is 101 Å². The summed E-state index contributed by atoms with van der Waals surface area (Å²) in [6.45, 7) is 0.469. The van der Waals surface area contributed by atoms with Crippen LogP contribution in [0.1, 0.15) is 20.0 Å². The lowest BCUT2D eigenvalue weighted by atomic mass is 10.2. The second-order valence-corrected chi connectivity index (χ2v) is 5.77. The van der Waals surface area contributed by atoms with Crippen molar-refractivity contribution in [3.05, 3.63) is 61.3 Å². The standard InChI is InChI=1S/C14H12ClN3O4S/c15-11-8-9(18(21)22)3-4-10(11)13(19)16-5-6-17-14(20)12-2-1-7-23-12/h1-4,7-8H,5-6H2,(H,16,19)(H,17,20). The van der Waals surface area contributed by atoms with Gasteiger partial charge in [-0.3, -0.25) is 19.7 Å². The molecule has 23 heavy (non-hydrogen) atoms. The van der Waals surface area contributed by atoms with Crippen LogP contribution in [0.5, 0.6) is 0 Å². The summed E-state index contributed by atoms with van der Waals surface area (Å²) in [5, 5.41) is 17.7. The van der Waals surface area contributed by atoms with Crippen LogP contribution in [-0.4, -0.2) is 29.8 Å². The summed E-state index contributed by atoms with van der Waals surface area (Å²) in [6, 6.07) is 7.10. The van der Waals surface area contributed by atoms with Crippen LogP contribution in [0.2, 0.25) is 5.02 Å². The number of carbonyl (C=O) groups is 2. The van der Waals surface area contributed by atoms with Crippen LogP contribution in [0.15, 0.2) is 35.7 Å². The minimum Gasteiger partial charge on any atom is -0.350 e. The van der Waals surface area contributed by atoms with Gasteiger partial charge in [0, 0.05) is 25.2 Å². The Morgan fingerprint density at radius 1 is 1.17 bits per heavy atom. The summed E-state index contributed by atoms with van der Waals surface area (Å²) in [5.74, 6) is -0.669. The van der Waals surface area contributed by atoms with Crippen molar-refractivity contribution in [2.24, 2.45) is 0 Å². The summed E-state index contributed by atoms with van der Waals surface area (Å²) >= 11 is 7.19. The SMILES string of the molecule is O=C(NCCNC(=O)c1ccc([N+](=O)[O-])cc1Cl)c1cccs1. The summed E-state index contributed by atoms with van der Waals surface area (Å²) in [6.07, 6.45) is 0. The lowest BCUT2D eigenvalue weighted by Gasteiger charge is -2.07. The largest absolute Gasteiger partial charge is 0.350 e. The van der Waals surface area contributed by atoms with E-state index in [0.29, 0.717) is 4.88 Å². The van der Waals surface area contributed by atoms with Gasteiger partial charge in [0.15, 0.2) is 0 Å². The van der Waals surface area contributed by atoms with Gasteiger partial charge in [-0.2, -0.15) is 0 Å². The number of halogens is 1. The zero-order valence-electron chi connectivity index (χ0n) is 11.7. The highest BCUT2D eigenvalue weighted by Crippen LogP contribution is 2.22. The molecule has 2 aromatic rings. The van der Waals surface area contributed by atoms with Crippen molar-refractivity contribution in [2.75, 3.05) is 13.1 Å². The fraction of sp³-hybridized carbons (Fsp3) is 0.143. The number of non-ortho nitro benzene ring substituents is 1. The number of nitrogens with one attached hydrogen (secondary N) is 2. The van der Waals surface area contributed by atoms with E-state index >= 15 is 0 Å². The van der Waals surface area contributed by atoms with E-state index in [9.17, 15) is 19.7 Å². The quantitative estimate of drug-likeness (QED) is 0.473. The van der Waals surface area contributed by atoms with Gasteiger partial charge in [0.25, 0.3) is 17.5 Å². The lowest BCUT2D eigenvalue weighted by Crippen LogP contribution is -2.34. The molecule has 0 saturated carbocycles. The van der Waals surface area contributed by atoms with Crippen molar-refractivity contribution in [3.63, 3.8) is 0 Å². The molecule has 2 rings (SSSR count). The molecule has 0 aliphatic rings. The molecular weight excluding hydrogens is 342 g/mol. The minimum atomic E-state index is -0.590. The van der Waals surface area contributed by atoms with E-state index < -0.39 is 10.8 Å². The number of rotatable bonds is 6. The number of hydrogen-bond donors (Lipinski definition) is 2. The predicted molar refractivity (Wildman–Crippen MR) is 87.1 cm³/mol. The summed E-state index contributed by atoms with van der Waals surface area (Å²) in [4.78, 5) is 34.2. The van der Waals surface area contributed by atoms with Crippen LogP contribution in [0, 0.1) is 10.1 Å². The van der Waals surface area contributed by atoms with Crippen molar-refractivity contribution < 1.29 is 14.5 Å². The number of nitro groups is 1. The molecule has 0 unspecified atom stereocenters. The molecule has 1 heterocycles. The molecule has 0 spiro atoms. The van der Waals surface area contributed by atoms with E-state index in [1.54, 1.807) is 17.5 Å². The van der Waals surface area contributed by atoms with Gasteiger partial charge in [-0.15, -0.1) is 11.3 Å². The zero-order chi connectivity index (χ0) is 16.8. The number of hydrogen-bond acceptors (Lipinski definition) is 5. The van der Waals surface area contributed by atoms with E-state index in [0.717, 1.165) is 6.07 Å². The van der Waals surface area contributed by atoms with Crippen LogP contribution in [0.4, 0.5) is 5.69 Å². The fourth-order valence-electron chi connectivity index (χ4n) is 1.74. The maximum Gasteiger partial charge on any atom is 0.270 e. The first kappa shape index (κ1) is 16.9. The summed E-state index contributed by atoms with van der Waals surface area (Å²) < 4.78 is 0. The monoisotopic (exact) mass is 353 g/mol. The average molecular weight is 354 g/mol. The number of carbonyl (C=O) groups excluding carboxylic acids is 2. The molecule has 0 radical (unpaired) electrons. The van der Waals surface area contributed by atoms with Crippen LogP contribution < -0.4 is 10.6 Å². The average Bonchev–Trinajstić information content (AvgIpc) is 3.05. The van der Waals surface area contributed by atoms with Gasteiger partial charge in [0.05, 0.1) is 20.4 Å². The van der Waals surface area contributed by atoms with Crippen molar-refractivity contribution in [1.82, 2.24) is 10.6 Å². The first-order valence-corrected chi connectivity index (χ1v) is 7.78. The molecule has 2 amide bonds. The van der Waals surface area contributed by atoms with E-state index in [2.05, 4.69) is 10.6 Å². The highest BCUT2D eigenvalue weighted by molar-refractivity contribution is 7.12. The number of benzene rings is 1. The molecular formula is C14H12ClN3O4S. The van der Waals surface area contributed by atoms with Gasteiger partial charge in [-0.25, -0.2) is 0 Å². The Morgan fingerprint density at radius 3 is 2.43 bits per heavy atom. The molecule has 2 N–H and O–H groups in total. The highest BCUT2D eigenvalue weighted by Gasteiger charge is 2.14. The van der Waals surface area contributed by atoms with Crippen LogP contribution in [-0.2, 0) is 0 Å². The van der Waals surface area contributed by atoms with E-state index in [1.165, 1.54) is 23.5 Å². The van der Waals surface area contributed by atoms with Gasteiger partial charge in [-0.05, 0) is 17.5 Å². The number of thiophene rings is 1. The molecule has 1 aromatic heterocycles. The Hall–Kier alpha value is -2.45. The Morgan fingerprint density at radius 2 is 1.87 bits per heavy atom.